The maximum atomic E-state index is 13.8. The van der Waals surface area contributed by atoms with Crippen molar-refractivity contribution in [2.45, 2.75) is 64.3 Å². The van der Waals surface area contributed by atoms with Crippen LogP contribution in [0.3, 0.4) is 0 Å². The summed E-state index contributed by atoms with van der Waals surface area (Å²) in [6.45, 7) is 11.4. The van der Waals surface area contributed by atoms with Crippen LogP contribution in [0.1, 0.15) is 73.3 Å². The van der Waals surface area contributed by atoms with E-state index in [1.165, 1.54) is 22.5 Å². The van der Waals surface area contributed by atoms with Crippen molar-refractivity contribution in [3.05, 3.63) is 118 Å². The molecule has 6 heterocycles. The monoisotopic (exact) mass is 1110 g/mol. The fourth-order valence-corrected chi connectivity index (χ4v) is 10.3. The molecule has 0 spiro atoms. The number of nitrogens with zero attached hydrogens (tertiary/aromatic N) is 11. The largest absolute Gasteiger partial charge is 0.444 e. The highest BCUT2D eigenvalue weighted by molar-refractivity contribution is 7.99. The quantitative estimate of drug-likeness (QED) is 0.0168. The average molecular weight is 1110 g/mol. The number of thioether (sulfide) groups is 1. The highest BCUT2D eigenvalue weighted by Crippen LogP contribution is 2.31. The number of nitrogens with one attached hydrogen (secondary N) is 5. The predicted molar refractivity (Wildman–Crippen MR) is 305 cm³/mol. The third-order valence-corrected chi connectivity index (χ3v) is 14.8. The Morgan fingerprint density at radius 2 is 1.65 bits per heavy atom. The summed E-state index contributed by atoms with van der Waals surface area (Å²) in [5.74, 6) is 6.77. The van der Waals surface area contributed by atoms with Gasteiger partial charge in [-0.3, -0.25) is 19.8 Å². The molecule has 78 heavy (non-hydrogen) atoms. The van der Waals surface area contributed by atoms with Crippen LogP contribution >= 0.6 is 34.4 Å². The fraction of sp³-hybridized carbons (Fsp3) is 0.333. The number of alkyl carbamates (subject to hydrolysis) is 1. The van der Waals surface area contributed by atoms with E-state index >= 15 is 0 Å². The molecular formula is C54H58N16O5S3. The lowest BCUT2D eigenvalue weighted by molar-refractivity contribution is -0.126. The Morgan fingerprint density at radius 1 is 0.897 bits per heavy atom. The molecule has 4 aromatic heterocycles. The molecule has 5 N–H and O–H groups in total. The molecule has 0 unspecified atom stereocenters. The molecule has 2 aliphatic heterocycles. The summed E-state index contributed by atoms with van der Waals surface area (Å²) >= 11 is 3.98. The molecule has 1 saturated heterocycles. The number of amides is 4. The van der Waals surface area contributed by atoms with E-state index in [1.54, 1.807) is 16.4 Å². The first-order valence-electron chi connectivity index (χ1n) is 25.5. The van der Waals surface area contributed by atoms with Crippen molar-refractivity contribution in [2.75, 3.05) is 67.3 Å². The number of piperidine rings is 1. The second-order valence-corrected chi connectivity index (χ2v) is 21.9. The highest BCUT2D eigenvalue weighted by atomic mass is 32.2. The number of thiazole rings is 2. The molecule has 0 radical (unpaired) electrons. The van der Waals surface area contributed by atoms with Crippen LogP contribution in [0.4, 0.5) is 20.9 Å². The van der Waals surface area contributed by atoms with Crippen LogP contribution < -0.4 is 31.7 Å². The minimum Gasteiger partial charge on any atom is -0.444 e. The lowest BCUT2D eigenvalue weighted by Gasteiger charge is -2.31. The summed E-state index contributed by atoms with van der Waals surface area (Å²) < 4.78 is 7.07. The van der Waals surface area contributed by atoms with E-state index in [0.29, 0.717) is 94.1 Å². The summed E-state index contributed by atoms with van der Waals surface area (Å²) in [5, 5.41) is 34.4. The van der Waals surface area contributed by atoms with Crippen LogP contribution in [-0.2, 0) is 20.9 Å². The van der Waals surface area contributed by atoms with Gasteiger partial charge in [0.05, 0.1) is 25.0 Å². The smallest absolute Gasteiger partial charge is 0.407 e. The molecule has 24 heteroatoms. The van der Waals surface area contributed by atoms with Gasteiger partial charge in [-0.1, -0.05) is 120 Å². The summed E-state index contributed by atoms with van der Waals surface area (Å²) in [5.41, 5.74) is 8.05. The van der Waals surface area contributed by atoms with Gasteiger partial charge < -0.3 is 30.9 Å². The van der Waals surface area contributed by atoms with Gasteiger partial charge in [0, 0.05) is 59.9 Å². The fourth-order valence-electron chi connectivity index (χ4n) is 8.16. The summed E-state index contributed by atoms with van der Waals surface area (Å²) in [6, 6.07) is 26.9. The summed E-state index contributed by atoms with van der Waals surface area (Å²) in [7, 11) is 0. The van der Waals surface area contributed by atoms with Crippen LogP contribution in [0.25, 0.3) is 22.4 Å². The standard InChI is InChI=1S/C54H58N16O5S3/c1-5-31-76-51-61-45(55-25-26-58-53(74)75-54(2,3)4)44-46(62-51)69(67-64-44)33-36-20-18-35(19-21-36)13-12-24-56-47(71)39-22-28-68(29-23-39)30-27-57-48(72)41-32-59-50(78-41)65-63-43-42(38-16-10-7-11-17-38)66-70(49(43)73)52-60-40(34-77-52)37-14-8-6-9-15-37/h6-11,14-21,32,34,39H,5,22-31,33H2,1-4H3,(H,56,71)(H,57,72)(H,58,74)(H,59,65)(H,55,61,62)/b63-43+. The van der Waals surface area contributed by atoms with Gasteiger partial charge in [-0.25, -0.2) is 29.4 Å². The second-order valence-electron chi connectivity index (χ2n) is 19.0. The Kier molecular flexibility index (Phi) is 18.1. The van der Waals surface area contributed by atoms with Crippen LogP contribution in [0.2, 0.25) is 0 Å². The van der Waals surface area contributed by atoms with E-state index in [1.807, 2.05) is 111 Å². The number of aromatic nitrogens is 7. The van der Waals surface area contributed by atoms with Crippen LogP contribution in [-0.4, -0.2) is 132 Å². The zero-order chi connectivity index (χ0) is 54.4. The Balaban J connectivity index is 0.693. The first kappa shape index (κ1) is 54.7. The SMILES string of the molecule is CCCSc1nc(NCCNC(=O)OC(C)(C)C)c2nnn(Cc3ccc(C#CCNC(=O)C4CCN(CCNC(=O)c5cnc(N/N=C6/C(=O)N(c7nc(-c8ccccc8)cs7)N=C6c6ccccc6)s5)CC4)cc3)c2n1. The number of hydrogen-bond donors (Lipinski definition) is 5. The number of benzene rings is 3. The molecule has 9 rings (SSSR count). The van der Waals surface area contributed by atoms with Crippen LogP contribution in [0.15, 0.2) is 112 Å². The van der Waals surface area contributed by atoms with Gasteiger partial charge in [0.25, 0.3) is 5.91 Å². The van der Waals surface area contributed by atoms with Gasteiger partial charge in [0.1, 0.15) is 16.2 Å². The van der Waals surface area contributed by atoms with Gasteiger partial charge in [-0.15, -0.1) is 16.4 Å². The number of fused-ring (bicyclic) bond motifs is 1. The van der Waals surface area contributed by atoms with Crippen molar-refractivity contribution in [2.24, 2.45) is 16.1 Å². The maximum Gasteiger partial charge on any atom is 0.407 e. The molecule has 0 atom stereocenters. The topological polar surface area (TPSA) is 251 Å². The van der Waals surface area contributed by atoms with Crippen LogP contribution in [0, 0.1) is 17.8 Å². The van der Waals surface area contributed by atoms with Crippen LogP contribution in [0.5, 0.6) is 0 Å². The normalized spacial score (nSPS) is 14.5. The van der Waals surface area contributed by atoms with Crippen molar-refractivity contribution in [3.8, 4) is 23.1 Å². The van der Waals surface area contributed by atoms with Crippen molar-refractivity contribution in [3.63, 3.8) is 0 Å². The third kappa shape index (κ3) is 14.5. The van der Waals surface area contributed by atoms with E-state index < -0.39 is 17.6 Å². The average Bonchev–Trinajstić information content (AvgIpc) is 4.41. The van der Waals surface area contributed by atoms with Gasteiger partial charge >= 0.3 is 12.0 Å². The molecular weight excluding hydrogens is 1050 g/mol. The minimum absolute atomic E-state index is 0.0153. The van der Waals surface area contributed by atoms with Crippen molar-refractivity contribution < 1.29 is 23.9 Å². The number of anilines is 3. The molecule has 0 saturated carbocycles. The predicted octanol–water partition coefficient (Wildman–Crippen LogP) is 7.12. The Hall–Kier alpha value is -8.11. The van der Waals surface area contributed by atoms with Gasteiger partial charge in [-0.2, -0.15) is 15.2 Å². The zero-order valence-corrected chi connectivity index (χ0v) is 45.9. The molecule has 0 aliphatic carbocycles. The highest BCUT2D eigenvalue weighted by Gasteiger charge is 2.36. The van der Waals surface area contributed by atoms with Crippen molar-refractivity contribution >= 4 is 96.9 Å². The van der Waals surface area contributed by atoms with E-state index in [2.05, 4.69) is 85.8 Å². The minimum atomic E-state index is -0.586. The number of rotatable bonds is 20. The Labute approximate surface area is 463 Å². The van der Waals surface area contributed by atoms with Gasteiger partial charge in [-0.05, 0) is 70.8 Å². The van der Waals surface area contributed by atoms with E-state index in [-0.39, 0.29) is 30.0 Å². The molecule has 2 aliphatic rings. The molecule has 3 aromatic carbocycles. The first-order valence-corrected chi connectivity index (χ1v) is 28.2. The molecule has 1 fully saturated rings. The molecule has 402 valence electrons. The number of hydrogen-bond acceptors (Lipinski definition) is 19. The number of carbonyl (C=O) groups excluding carboxylic acids is 4. The maximum absolute atomic E-state index is 13.8. The van der Waals surface area contributed by atoms with Gasteiger partial charge in [0.15, 0.2) is 27.8 Å². The van der Waals surface area contributed by atoms with Crippen molar-refractivity contribution in [1.29, 1.82) is 0 Å². The molecule has 7 aromatic rings. The third-order valence-electron chi connectivity index (χ3n) is 12.0. The number of ether oxygens (including phenoxy) is 1. The van der Waals surface area contributed by atoms with Crippen molar-refractivity contribution in [1.82, 2.24) is 55.8 Å². The molecule has 4 amide bonds. The number of hydrazone groups is 2. The first-order chi connectivity index (χ1) is 37.9. The Bertz CT molecular complexity index is 3360. The number of likely N-dealkylation sites (tertiary alicyclic amines) is 1. The molecule has 0 bridgehead atoms. The Morgan fingerprint density at radius 3 is 2.40 bits per heavy atom. The van der Waals surface area contributed by atoms with E-state index in [0.717, 1.165) is 59.0 Å². The lowest BCUT2D eigenvalue weighted by atomic mass is 9.96. The lowest BCUT2D eigenvalue weighted by Crippen LogP contribution is -2.43. The molecule has 21 nitrogen and oxygen atoms in total. The van der Waals surface area contributed by atoms with E-state index in [4.69, 9.17) is 9.72 Å². The van der Waals surface area contributed by atoms with Gasteiger partial charge in [0.2, 0.25) is 16.2 Å². The summed E-state index contributed by atoms with van der Waals surface area (Å²) in [6.07, 6.45) is 3.35. The zero-order valence-electron chi connectivity index (χ0n) is 43.5. The second kappa shape index (κ2) is 25.8. The summed E-state index contributed by atoms with van der Waals surface area (Å²) in [4.78, 5) is 73.2. The van der Waals surface area contributed by atoms with E-state index in [9.17, 15) is 19.2 Å². The number of carbonyl (C=O) groups is 4.